The first-order chi connectivity index (χ1) is 15.9. The van der Waals surface area contributed by atoms with Crippen molar-refractivity contribution >= 4 is 23.5 Å². The maximum Gasteiger partial charge on any atom is 0.316 e. The normalized spacial score (nSPS) is 12.2. The quantitative estimate of drug-likeness (QED) is 0.271. The Morgan fingerprint density at radius 3 is 1.24 bits per heavy atom. The monoisotopic (exact) mass is 456 g/mol. The van der Waals surface area contributed by atoms with Crippen molar-refractivity contribution in [1.82, 2.24) is 0 Å². The highest BCUT2D eigenvalue weighted by Crippen LogP contribution is 2.25. The molecule has 2 rings (SSSR count). The molecule has 176 valence electrons. The van der Waals surface area contributed by atoms with Crippen LogP contribution in [0.15, 0.2) is 48.5 Å². The minimum absolute atomic E-state index is 0.228. The summed E-state index contributed by atoms with van der Waals surface area (Å²) in [6.45, 7) is 4.60. The van der Waals surface area contributed by atoms with Crippen LogP contribution in [-0.4, -0.2) is 50.9 Å². The molecular formula is C25H28O8. The van der Waals surface area contributed by atoms with Gasteiger partial charge in [-0.3, -0.25) is 19.2 Å². The van der Waals surface area contributed by atoms with Gasteiger partial charge in [0.05, 0.1) is 27.4 Å². The van der Waals surface area contributed by atoms with Crippen LogP contribution in [0.2, 0.25) is 0 Å². The number of hydrogen-bond donors (Lipinski definition) is 0. The van der Waals surface area contributed by atoms with Crippen molar-refractivity contribution in [3.63, 3.8) is 0 Å². The number of esters is 2. The lowest BCUT2D eigenvalue weighted by Crippen LogP contribution is -2.34. The molecule has 2 aromatic rings. The third-order valence-corrected chi connectivity index (χ3v) is 4.98. The highest BCUT2D eigenvalue weighted by atomic mass is 16.5. The molecule has 0 N–H and O–H groups in total. The molecule has 0 aromatic heterocycles. The van der Waals surface area contributed by atoms with Crippen molar-refractivity contribution in [2.75, 3.05) is 27.4 Å². The van der Waals surface area contributed by atoms with E-state index in [4.69, 9.17) is 18.9 Å². The Balaban J connectivity index is 2.32. The predicted molar refractivity (Wildman–Crippen MR) is 120 cm³/mol. The average Bonchev–Trinajstić information content (AvgIpc) is 2.84. The lowest BCUT2D eigenvalue weighted by Gasteiger charge is -2.19. The molecule has 0 bridgehead atoms. The SMILES string of the molecule is CCOc1ccc(C(=O)C(CC(C(=O)OC)C(=O)c2ccc(OCC)cc2)C(=O)OC)cc1. The third-order valence-electron chi connectivity index (χ3n) is 4.98. The highest BCUT2D eigenvalue weighted by Gasteiger charge is 2.38. The van der Waals surface area contributed by atoms with Crippen molar-refractivity contribution in [2.45, 2.75) is 20.3 Å². The number of rotatable bonds is 12. The van der Waals surface area contributed by atoms with Gasteiger partial charge in [-0.05, 0) is 68.8 Å². The van der Waals surface area contributed by atoms with Crippen molar-refractivity contribution in [1.29, 1.82) is 0 Å². The van der Waals surface area contributed by atoms with E-state index in [2.05, 4.69) is 0 Å². The Hall–Kier alpha value is -3.68. The molecule has 2 atom stereocenters. The smallest absolute Gasteiger partial charge is 0.316 e. The van der Waals surface area contributed by atoms with Gasteiger partial charge in [0.2, 0.25) is 0 Å². The van der Waals surface area contributed by atoms with Gasteiger partial charge in [-0.2, -0.15) is 0 Å². The number of methoxy groups -OCH3 is 2. The fraction of sp³-hybridized carbons (Fsp3) is 0.360. The summed E-state index contributed by atoms with van der Waals surface area (Å²) < 4.78 is 20.3. The lowest BCUT2D eigenvalue weighted by atomic mass is 9.84. The van der Waals surface area contributed by atoms with E-state index in [1.807, 2.05) is 13.8 Å². The second-order valence-electron chi connectivity index (χ2n) is 7.03. The minimum atomic E-state index is -1.37. The summed E-state index contributed by atoms with van der Waals surface area (Å²) in [5, 5.41) is 0. The van der Waals surface area contributed by atoms with Crippen LogP contribution < -0.4 is 9.47 Å². The summed E-state index contributed by atoms with van der Waals surface area (Å²) in [5.41, 5.74) is 0.456. The lowest BCUT2D eigenvalue weighted by molar-refractivity contribution is -0.146. The second-order valence-corrected chi connectivity index (χ2v) is 7.03. The molecule has 0 aliphatic rings. The van der Waals surface area contributed by atoms with E-state index in [-0.39, 0.29) is 11.1 Å². The number of carbonyl (C=O) groups is 4. The Labute approximate surface area is 192 Å². The molecule has 0 fully saturated rings. The molecule has 0 amide bonds. The zero-order valence-corrected chi connectivity index (χ0v) is 19.2. The van der Waals surface area contributed by atoms with E-state index in [0.717, 1.165) is 14.2 Å². The van der Waals surface area contributed by atoms with Crippen LogP contribution in [0.25, 0.3) is 0 Å². The van der Waals surface area contributed by atoms with Crippen molar-refractivity contribution < 1.29 is 38.1 Å². The van der Waals surface area contributed by atoms with Crippen molar-refractivity contribution in [2.24, 2.45) is 11.8 Å². The fourth-order valence-electron chi connectivity index (χ4n) is 3.31. The summed E-state index contributed by atoms with van der Waals surface area (Å²) in [6.07, 6.45) is -0.391. The molecule has 0 spiro atoms. The third kappa shape index (κ3) is 6.65. The molecule has 0 heterocycles. The highest BCUT2D eigenvalue weighted by molar-refractivity contribution is 6.12. The first kappa shape index (κ1) is 25.6. The van der Waals surface area contributed by atoms with E-state index >= 15 is 0 Å². The van der Waals surface area contributed by atoms with E-state index in [1.54, 1.807) is 24.3 Å². The van der Waals surface area contributed by atoms with Gasteiger partial charge in [-0.25, -0.2) is 0 Å². The molecule has 0 radical (unpaired) electrons. The van der Waals surface area contributed by atoms with E-state index < -0.39 is 41.8 Å². The number of carbonyl (C=O) groups excluding carboxylic acids is 4. The average molecular weight is 456 g/mol. The van der Waals surface area contributed by atoms with Crippen LogP contribution in [0.1, 0.15) is 41.0 Å². The summed E-state index contributed by atoms with van der Waals surface area (Å²) in [7, 11) is 2.28. The Kier molecular flexibility index (Phi) is 9.60. The fourth-order valence-corrected chi connectivity index (χ4v) is 3.31. The van der Waals surface area contributed by atoms with Gasteiger partial charge >= 0.3 is 11.9 Å². The number of hydrogen-bond acceptors (Lipinski definition) is 8. The van der Waals surface area contributed by atoms with Gasteiger partial charge in [-0.1, -0.05) is 0 Å². The van der Waals surface area contributed by atoms with Crippen LogP contribution in [0.4, 0.5) is 0 Å². The molecule has 0 saturated heterocycles. The maximum absolute atomic E-state index is 13.1. The summed E-state index contributed by atoms with van der Waals surface area (Å²) in [4.78, 5) is 51.2. The van der Waals surface area contributed by atoms with Crippen LogP contribution in [-0.2, 0) is 19.1 Å². The van der Waals surface area contributed by atoms with E-state index in [9.17, 15) is 19.2 Å². The molecule has 2 aromatic carbocycles. The van der Waals surface area contributed by atoms with Gasteiger partial charge in [0.25, 0.3) is 0 Å². The molecule has 8 heteroatoms. The second kappa shape index (κ2) is 12.4. The van der Waals surface area contributed by atoms with Crippen LogP contribution in [0.3, 0.4) is 0 Å². The largest absolute Gasteiger partial charge is 0.494 e. The van der Waals surface area contributed by atoms with Crippen LogP contribution in [0.5, 0.6) is 11.5 Å². The Bertz CT molecular complexity index is 883. The van der Waals surface area contributed by atoms with Gasteiger partial charge in [-0.15, -0.1) is 0 Å². The Morgan fingerprint density at radius 1 is 0.636 bits per heavy atom. The van der Waals surface area contributed by atoms with Crippen LogP contribution in [0, 0.1) is 11.8 Å². The van der Waals surface area contributed by atoms with Crippen molar-refractivity contribution in [3.8, 4) is 11.5 Å². The van der Waals surface area contributed by atoms with Gasteiger partial charge in [0, 0.05) is 11.1 Å². The Morgan fingerprint density at radius 2 is 0.970 bits per heavy atom. The predicted octanol–water partition coefficient (Wildman–Crippen LogP) is 3.52. The standard InChI is InChI=1S/C25H28O8/c1-5-32-18-11-7-16(8-12-18)22(26)20(24(28)30-3)15-21(25(29)31-4)23(27)17-9-13-19(14-10-17)33-6-2/h7-14,20-21H,5-6,15H2,1-4H3. The molecule has 33 heavy (non-hydrogen) atoms. The summed E-state index contributed by atoms with van der Waals surface area (Å²) in [6, 6.07) is 12.5. The van der Waals surface area contributed by atoms with Gasteiger partial charge < -0.3 is 18.9 Å². The maximum atomic E-state index is 13.1. The number of ether oxygens (including phenoxy) is 4. The van der Waals surface area contributed by atoms with E-state index in [0.29, 0.717) is 24.7 Å². The molecule has 0 saturated carbocycles. The minimum Gasteiger partial charge on any atom is -0.494 e. The van der Waals surface area contributed by atoms with Gasteiger partial charge in [0.1, 0.15) is 23.3 Å². The van der Waals surface area contributed by atoms with Crippen LogP contribution >= 0.6 is 0 Å². The first-order valence-electron chi connectivity index (χ1n) is 10.6. The number of Topliss-reactive ketones (excluding diaryl/α,β-unsaturated/α-hetero) is 2. The zero-order chi connectivity index (χ0) is 24.4. The van der Waals surface area contributed by atoms with Crippen molar-refractivity contribution in [3.05, 3.63) is 59.7 Å². The van der Waals surface area contributed by atoms with Gasteiger partial charge in [0.15, 0.2) is 11.6 Å². The molecule has 0 aliphatic heterocycles. The molecular weight excluding hydrogens is 428 g/mol. The zero-order valence-electron chi connectivity index (χ0n) is 19.2. The molecule has 8 nitrogen and oxygen atoms in total. The summed E-state index contributed by atoms with van der Waals surface area (Å²) >= 11 is 0. The number of ketones is 2. The molecule has 0 aliphatic carbocycles. The topological polar surface area (TPSA) is 105 Å². The summed E-state index contributed by atoms with van der Waals surface area (Å²) in [5.74, 6) is -4.43. The molecule has 2 unspecified atom stereocenters. The first-order valence-corrected chi connectivity index (χ1v) is 10.6. The van der Waals surface area contributed by atoms with E-state index in [1.165, 1.54) is 24.3 Å². The number of benzene rings is 2.